The predicted molar refractivity (Wildman–Crippen MR) is 89.3 cm³/mol. The lowest BCUT2D eigenvalue weighted by Crippen LogP contribution is -2.23. The Kier molecular flexibility index (Phi) is 7.89. The number of nitrogens with two attached hydrogens (primary N) is 1. The number of carbonyl (C=O) groups excluding carboxylic acids is 1. The molecule has 21 heavy (non-hydrogen) atoms. The van der Waals surface area contributed by atoms with Gasteiger partial charge >= 0.3 is 0 Å². The number of amides is 1. The molecular weight excluding hydrogens is 284 g/mol. The molecule has 0 unspecified atom stereocenters. The maximum Gasteiger partial charge on any atom is 0.227 e. The molecule has 0 spiro atoms. The predicted octanol–water partition coefficient (Wildman–Crippen LogP) is 3.81. The van der Waals surface area contributed by atoms with Gasteiger partial charge in [-0.3, -0.25) is 4.79 Å². The quantitative estimate of drug-likeness (QED) is 0.785. The molecule has 0 atom stereocenters. The Morgan fingerprint density at radius 2 is 2.00 bits per heavy atom. The summed E-state index contributed by atoms with van der Waals surface area (Å²) < 4.78 is 0. The molecule has 3 nitrogen and oxygen atoms in total. The Morgan fingerprint density at radius 3 is 2.57 bits per heavy atom. The molecule has 0 radical (unpaired) electrons. The van der Waals surface area contributed by atoms with Crippen LogP contribution in [0.3, 0.4) is 0 Å². The molecule has 114 valence electrons. The molecule has 0 saturated heterocycles. The summed E-state index contributed by atoms with van der Waals surface area (Å²) >= 11 is 5.98. The molecule has 3 N–H and O–H groups in total. The minimum absolute atomic E-state index is 0.0472. The van der Waals surface area contributed by atoms with Crippen molar-refractivity contribution >= 4 is 23.2 Å². The van der Waals surface area contributed by atoms with Crippen molar-refractivity contribution in [2.45, 2.75) is 39.5 Å². The molecule has 0 heterocycles. The van der Waals surface area contributed by atoms with Gasteiger partial charge in [0.15, 0.2) is 0 Å². The molecule has 0 bridgehead atoms. The highest BCUT2D eigenvalue weighted by Crippen LogP contribution is 2.22. The standard InChI is InChI=1S/C17H23ClN2O/c1-3-6-13(7-4-2)17(21)20-16-10-9-15(18)12-14(16)8-5-11-19/h9-10,12-13H,3-4,6-7,11,19H2,1-2H3,(H,20,21). The second kappa shape index (κ2) is 9.44. The highest BCUT2D eigenvalue weighted by molar-refractivity contribution is 6.30. The van der Waals surface area contributed by atoms with Crippen molar-refractivity contribution in [2.75, 3.05) is 11.9 Å². The fourth-order valence-corrected chi connectivity index (χ4v) is 2.39. The lowest BCUT2D eigenvalue weighted by molar-refractivity contribution is -0.120. The van der Waals surface area contributed by atoms with Gasteiger partial charge in [-0.2, -0.15) is 0 Å². The van der Waals surface area contributed by atoms with E-state index in [-0.39, 0.29) is 18.4 Å². The maximum atomic E-state index is 12.4. The first kappa shape index (κ1) is 17.6. The Labute approximate surface area is 132 Å². The van der Waals surface area contributed by atoms with Crippen LogP contribution in [0.4, 0.5) is 5.69 Å². The molecule has 0 aliphatic heterocycles. The van der Waals surface area contributed by atoms with Gasteiger partial charge in [-0.15, -0.1) is 0 Å². The van der Waals surface area contributed by atoms with Gasteiger partial charge in [-0.05, 0) is 31.0 Å². The van der Waals surface area contributed by atoms with Crippen molar-refractivity contribution in [3.05, 3.63) is 28.8 Å². The topological polar surface area (TPSA) is 55.1 Å². The van der Waals surface area contributed by atoms with Gasteiger partial charge in [0.25, 0.3) is 0 Å². The lowest BCUT2D eigenvalue weighted by atomic mass is 9.97. The van der Waals surface area contributed by atoms with Crippen LogP contribution in [0.1, 0.15) is 45.1 Å². The van der Waals surface area contributed by atoms with E-state index in [9.17, 15) is 4.79 Å². The third-order valence-corrected chi connectivity index (χ3v) is 3.44. The molecule has 0 fully saturated rings. The summed E-state index contributed by atoms with van der Waals surface area (Å²) in [6, 6.07) is 5.28. The van der Waals surface area contributed by atoms with E-state index in [1.165, 1.54) is 0 Å². The molecule has 4 heteroatoms. The number of hydrogen-bond donors (Lipinski definition) is 2. The first-order chi connectivity index (χ1) is 10.1. The van der Waals surface area contributed by atoms with Crippen LogP contribution in [0, 0.1) is 17.8 Å². The van der Waals surface area contributed by atoms with E-state index in [0.29, 0.717) is 16.3 Å². The van der Waals surface area contributed by atoms with E-state index in [1.807, 2.05) is 0 Å². The molecule has 1 aromatic carbocycles. The number of rotatable bonds is 6. The molecule has 1 rings (SSSR count). The smallest absolute Gasteiger partial charge is 0.227 e. The Morgan fingerprint density at radius 1 is 1.33 bits per heavy atom. The molecule has 1 aromatic rings. The number of halogens is 1. The second-order valence-corrected chi connectivity index (χ2v) is 5.40. The first-order valence-electron chi connectivity index (χ1n) is 7.41. The average molecular weight is 307 g/mol. The van der Waals surface area contributed by atoms with Crippen LogP contribution in [0.2, 0.25) is 5.02 Å². The van der Waals surface area contributed by atoms with Crippen LogP contribution in [-0.4, -0.2) is 12.5 Å². The van der Waals surface area contributed by atoms with Crippen molar-refractivity contribution in [2.24, 2.45) is 11.7 Å². The third-order valence-electron chi connectivity index (χ3n) is 3.21. The third kappa shape index (κ3) is 5.79. The number of hydrogen-bond acceptors (Lipinski definition) is 2. The van der Waals surface area contributed by atoms with Gasteiger partial charge in [0, 0.05) is 16.5 Å². The van der Waals surface area contributed by atoms with Gasteiger partial charge in [0.05, 0.1) is 12.2 Å². The van der Waals surface area contributed by atoms with Crippen molar-refractivity contribution < 1.29 is 4.79 Å². The molecule has 0 saturated carbocycles. The van der Waals surface area contributed by atoms with Crippen molar-refractivity contribution in [1.82, 2.24) is 0 Å². The van der Waals surface area contributed by atoms with E-state index in [4.69, 9.17) is 17.3 Å². The number of carbonyl (C=O) groups is 1. The normalized spacial score (nSPS) is 10.1. The van der Waals surface area contributed by atoms with E-state index < -0.39 is 0 Å². The summed E-state index contributed by atoms with van der Waals surface area (Å²) in [4.78, 5) is 12.4. The highest BCUT2D eigenvalue weighted by atomic mass is 35.5. The fourth-order valence-electron chi connectivity index (χ4n) is 2.21. The fraction of sp³-hybridized carbons (Fsp3) is 0.471. The molecular formula is C17H23ClN2O. The van der Waals surface area contributed by atoms with Crippen LogP contribution in [0.15, 0.2) is 18.2 Å². The van der Waals surface area contributed by atoms with Crippen molar-refractivity contribution in [3.8, 4) is 11.8 Å². The largest absolute Gasteiger partial charge is 0.325 e. The van der Waals surface area contributed by atoms with E-state index in [2.05, 4.69) is 31.0 Å². The summed E-state index contributed by atoms with van der Waals surface area (Å²) in [6.07, 6.45) is 3.80. The van der Waals surface area contributed by atoms with Crippen LogP contribution >= 0.6 is 11.6 Å². The average Bonchev–Trinajstić information content (AvgIpc) is 2.47. The summed E-state index contributed by atoms with van der Waals surface area (Å²) in [6.45, 7) is 4.46. The summed E-state index contributed by atoms with van der Waals surface area (Å²) in [5, 5.41) is 3.57. The Balaban J connectivity index is 2.92. The van der Waals surface area contributed by atoms with Gasteiger partial charge in [0.2, 0.25) is 5.91 Å². The monoisotopic (exact) mass is 306 g/mol. The van der Waals surface area contributed by atoms with Gasteiger partial charge in [-0.1, -0.05) is 50.1 Å². The summed E-state index contributed by atoms with van der Waals surface area (Å²) in [5.74, 6) is 5.84. The van der Waals surface area contributed by atoms with Crippen LogP contribution in [0.25, 0.3) is 0 Å². The van der Waals surface area contributed by atoms with Crippen LogP contribution in [0.5, 0.6) is 0 Å². The minimum Gasteiger partial charge on any atom is -0.325 e. The van der Waals surface area contributed by atoms with E-state index >= 15 is 0 Å². The Bertz CT molecular complexity index is 525. The van der Waals surface area contributed by atoms with E-state index in [0.717, 1.165) is 25.7 Å². The Hall–Kier alpha value is -1.50. The lowest BCUT2D eigenvalue weighted by Gasteiger charge is -2.16. The van der Waals surface area contributed by atoms with Gasteiger partial charge in [-0.25, -0.2) is 0 Å². The second-order valence-electron chi connectivity index (χ2n) is 4.96. The van der Waals surface area contributed by atoms with Gasteiger partial charge in [0.1, 0.15) is 0 Å². The molecule has 1 amide bonds. The number of benzene rings is 1. The number of anilines is 1. The molecule has 0 aliphatic carbocycles. The molecule has 0 aromatic heterocycles. The van der Waals surface area contributed by atoms with Crippen molar-refractivity contribution in [3.63, 3.8) is 0 Å². The minimum atomic E-state index is 0.0472. The van der Waals surface area contributed by atoms with Crippen LogP contribution < -0.4 is 11.1 Å². The van der Waals surface area contributed by atoms with Crippen LogP contribution in [-0.2, 0) is 4.79 Å². The number of nitrogens with one attached hydrogen (secondary N) is 1. The maximum absolute atomic E-state index is 12.4. The highest BCUT2D eigenvalue weighted by Gasteiger charge is 2.17. The first-order valence-corrected chi connectivity index (χ1v) is 7.79. The zero-order valence-corrected chi connectivity index (χ0v) is 13.5. The SMILES string of the molecule is CCCC(CCC)C(=O)Nc1ccc(Cl)cc1C#CCN. The molecule has 0 aliphatic rings. The van der Waals surface area contributed by atoms with Crippen molar-refractivity contribution in [1.29, 1.82) is 0 Å². The summed E-state index contributed by atoms with van der Waals surface area (Å²) in [7, 11) is 0. The zero-order chi connectivity index (χ0) is 15.7. The van der Waals surface area contributed by atoms with E-state index in [1.54, 1.807) is 18.2 Å². The van der Waals surface area contributed by atoms with Gasteiger partial charge < -0.3 is 11.1 Å². The summed E-state index contributed by atoms with van der Waals surface area (Å²) in [5.41, 5.74) is 6.80. The zero-order valence-electron chi connectivity index (χ0n) is 12.7.